The Morgan fingerprint density at radius 3 is 2.90 bits per heavy atom. The van der Waals surface area contributed by atoms with E-state index in [0.717, 1.165) is 30.7 Å². The Morgan fingerprint density at radius 2 is 2.25 bits per heavy atom. The lowest BCUT2D eigenvalue weighted by Crippen LogP contribution is -2.33. The summed E-state index contributed by atoms with van der Waals surface area (Å²) in [6, 6.07) is 1.80. The van der Waals surface area contributed by atoms with Crippen molar-refractivity contribution >= 4 is 33.1 Å². The summed E-state index contributed by atoms with van der Waals surface area (Å²) in [5.41, 5.74) is 0. The molecule has 2 atom stereocenters. The molecule has 0 radical (unpaired) electrons. The smallest absolute Gasteiger partial charge is 0.241 e. The number of hydrogen-bond acceptors (Lipinski definition) is 5. The average molecular weight is 335 g/mol. The minimum absolute atomic E-state index is 0.0873. The van der Waals surface area contributed by atoms with Gasteiger partial charge in [-0.05, 0) is 43.5 Å². The summed E-state index contributed by atoms with van der Waals surface area (Å²) in [6.07, 6.45) is 5.07. The first-order chi connectivity index (χ1) is 9.56. The van der Waals surface area contributed by atoms with E-state index in [-0.39, 0.29) is 6.04 Å². The second-order valence-electron chi connectivity index (χ2n) is 4.98. The van der Waals surface area contributed by atoms with Crippen molar-refractivity contribution in [1.82, 2.24) is 10.0 Å². The molecule has 114 valence electrons. The molecule has 1 heterocycles. The van der Waals surface area contributed by atoms with Gasteiger partial charge in [-0.2, -0.15) is 11.8 Å². The lowest BCUT2D eigenvalue weighted by molar-refractivity contribution is 0.551. The third-order valence-corrected chi connectivity index (χ3v) is 7.32. The zero-order chi connectivity index (χ0) is 14.6. The van der Waals surface area contributed by atoms with E-state index in [4.69, 9.17) is 0 Å². The first-order valence-electron chi connectivity index (χ1n) is 6.89. The molecule has 0 aliphatic heterocycles. The summed E-state index contributed by atoms with van der Waals surface area (Å²) in [5.74, 6) is 0. The zero-order valence-electron chi connectivity index (χ0n) is 11.9. The Morgan fingerprint density at radius 1 is 1.45 bits per heavy atom. The van der Waals surface area contributed by atoms with Crippen LogP contribution in [0.2, 0.25) is 0 Å². The molecular weight excluding hydrogens is 312 g/mol. The second-order valence-corrected chi connectivity index (χ2v) is 8.80. The number of thioether (sulfide) groups is 1. The molecule has 1 aromatic heterocycles. The Bertz CT molecular complexity index is 527. The van der Waals surface area contributed by atoms with Gasteiger partial charge in [0.2, 0.25) is 10.0 Å². The van der Waals surface area contributed by atoms with Gasteiger partial charge >= 0.3 is 0 Å². The zero-order valence-corrected chi connectivity index (χ0v) is 14.3. The molecule has 0 amide bonds. The van der Waals surface area contributed by atoms with Crippen LogP contribution in [0.4, 0.5) is 0 Å². The molecule has 1 fully saturated rings. The number of thiophene rings is 1. The lowest BCUT2D eigenvalue weighted by Gasteiger charge is -2.13. The third kappa shape index (κ3) is 3.98. The SMILES string of the molecule is CCNCc1sccc1S(=O)(=O)NC1CCC(SC)C1. The molecule has 0 aromatic carbocycles. The average Bonchev–Trinajstić information content (AvgIpc) is 3.04. The standard InChI is InChI=1S/C13H22N2O2S3/c1-3-14-9-12-13(6-7-19-12)20(16,17)15-10-4-5-11(8-10)18-2/h6-7,10-11,14-15H,3-5,8-9H2,1-2H3. The van der Waals surface area contributed by atoms with Gasteiger partial charge in [0.15, 0.2) is 0 Å². The van der Waals surface area contributed by atoms with E-state index >= 15 is 0 Å². The van der Waals surface area contributed by atoms with Crippen LogP contribution in [0.15, 0.2) is 16.3 Å². The lowest BCUT2D eigenvalue weighted by atomic mass is 10.3. The Balaban J connectivity index is 2.05. The molecule has 1 aliphatic carbocycles. The van der Waals surface area contributed by atoms with Crippen molar-refractivity contribution in [2.75, 3.05) is 12.8 Å². The fourth-order valence-electron chi connectivity index (χ4n) is 2.48. The van der Waals surface area contributed by atoms with Gasteiger partial charge in [-0.25, -0.2) is 13.1 Å². The predicted octanol–water partition coefficient (Wildman–Crippen LogP) is 2.42. The van der Waals surface area contributed by atoms with E-state index in [9.17, 15) is 8.42 Å². The quantitative estimate of drug-likeness (QED) is 0.804. The Hall–Kier alpha value is -0.0800. The van der Waals surface area contributed by atoms with Crippen LogP contribution in [0.3, 0.4) is 0 Å². The molecule has 2 rings (SSSR count). The summed E-state index contributed by atoms with van der Waals surface area (Å²) >= 11 is 3.32. The molecule has 7 heteroatoms. The maximum atomic E-state index is 12.5. The van der Waals surface area contributed by atoms with Crippen molar-refractivity contribution < 1.29 is 8.42 Å². The number of nitrogens with one attached hydrogen (secondary N) is 2. The van der Waals surface area contributed by atoms with Gasteiger partial charge in [-0.1, -0.05) is 6.92 Å². The van der Waals surface area contributed by atoms with Gasteiger partial charge in [0.1, 0.15) is 0 Å². The normalized spacial score (nSPS) is 23.3. The highest BCUT2D eigenvalue weighted by molar-refractivity contribution is 7.99. The van der Waals surface area contributed by atoms with Crippen molar-refractivity contribution in [3.8, 4) is 0 Å². The summed E-state index contributed by atoms with van der Waals surface area (Å²) in [4.78, 5) is 1.33. The fraction of sp³-hybridized carbons (Fsp3) is 0.692. The van der Waals surface area contributed by atoms with Crippen LogP contribution in [-0.2, 0) is 16.6 Å². The van der Waals surface area contributed by atoms with Crippen molar-refractivity contribution in [3.63, 3.8) is 0 Å². The van der Waals surface area contributed by atoms with Gasteiger partial charge in [0.25, 0.3) is 0 Å². The van der Waals surface area contributed by atoms with Gasteiger partial charge in [0.05, 0.1) is 4.90 Å². The number of hydrogen-bond donors (Lipinski definition) is 2. The van der Waals surface area contributed by atoms with Crippen LogP contribution in [0.5, 0.6) is 0 Å². The van der Waals surface area contributed by atoms with Crippen molar-refractivity contribution in [2.24, 2.45) is 0 Å². The molecule has 1 aromatic rings. The van der Waals surface area contributed by atoms with Gasteiger partial charge in [-0.3, -0.25) is 0 Å². The highest BCUT2D eigenvalue weighted by atomic mass is 32.2. The highest BCUT2D eigenvalue weighted by Crippen LogP contribution is 2.30. The molecule has 2 N–H and O–H groups in total. The van der Waals surface area contributed by atoms with Crippen LogP contribution in [-0.4, -0.2) is 32.5 Å². The fourth-order valence-corrected chi connectivity index (χ4v) is 5.97. The summed E-state index contributed by atoms with van der Waals surface area (Å²) < 4.78 is 27.9. The summed E-state index contributed by atoms with van der Waals surface area (Å²) in [5, 5.41) is 5.62. The number of rotatable bonds is 7. The highest BCUT2D eigenvalue weighted by Gasteiger charge is 2.29. The molecular formula is C13H22N2O2S3. The molecule has 2 unspecified atom stereocenters. The maximum absolute atomic E-state index is 12.5. The molecule has 20 heavy (non-hydrogen) atoms. The first kappa shape index (κ1) is 16.3. The van der Waals surface area contributed by atoms with Crippen LogP contribution in [0.25, 0.3) is 0 Å². The molecule has 0 saturated heterocycles. The van der Waals surface area contributed by atoms with E-state index in [1.165, 1.54) is 11.3 Å². The Kier molecular flexibility index (Phi) is 5.92. The van der Waals surface area contributed by atoms with Crippen LogP contribution in [0, 0.1) is 0 Å². The largest absolute Gasteiger partial charge is 0.312 e. The molecule has 1 saturated carbocycles. The predicted molar refractivity (Wildman–Crippen MR) is 87.0 cm³/mol. The van der Waals surface area contributed by atoms with E-state index in [1.54, 1.807) is 6.07 Å². The molecule has 4 nitrogen and oxygen atoms in total. The van der Waals surface area contributed by atoms with Gasteiger partial charge in [-0.15, -0.1) is 11.3 Å². The van der Waals surface area contributed by atoms with Gasteiger partial charge in [0, 0.05) is 22.7 Å². The summed E-state index contributed by atoms with van der Waals surface area (Å²) in [6.45, 7) is 3.46. The monoisotopic (exact) mass is 334 g/mol. The van der Waals surface area contributed by atoms with Crippen molar-refractivity contribution in [2.45, 2.75) is 48.9 Å². The molecule has 1 aliphatic rings. The minimum Gasteiger partial charge on any atom is -0.312 e. The van der Waals surface area contributed by atoms with Gasteiger partial charge < -0.3 is 5.32 Å². The second kappa shape index (κ2) is 7.26. The first-order valence-corrected chi connectivity index (χ1v) is 10.5. The topological polar surface area (TPSA) is 58.2 Å². The summed E-state index contributed by atoms with van der Waals surface area (Å²) in [7, 11) is -3.38. The minimum atomic E-state index is -3.38. The van der Waals surface area contributed by atoms with E-state index in [0.29, 0.717) is 16.7 Å². The number of sulfonamides is 1. The maximum Gasteiger partial charge on any atom is 0.241 e. The van der Waals surface area contributed by atoms with E-state index in [2.05, 4.69) is 16.3 Å². The van der Waals surface area contributed by atoms with Crippen molar-refractivity contribution in [1.29, 1.82) is 0 Å². The van der Waals surface area contributed by atoms with E-state index in [1.807, 2.05) is 24.1 Å². The van der Waals surface area contributed by atoms with Crippen molar-refractivity contribution in [3.05, 3.63) is 16.3 Å². The van der Waals surface area contributed by atoms with Crippen LogP contribution >= 0.6 is 23.1 Å². The van der Waals surface area contributed by atoms with Crippen LogP contribution < -0.4 is 10.0 Å². The Labute approximate surface area is 129 Å². The third-order valence-electron chi connectivity index (χ3n) is 3.57. The van der Waals surface area contributed by atoms with Crippen LogP contribution in [0.1, 0.15) is 31.1 Å². The van der Waals surface area contributed by atoms with E-state index < -0.39 is 10.0 Å². The molecule has 0 spiro atoms. The molecule has 0 bridgehead atoms.